The lowest BCUT2D eigenvalue weighted by atomic mass is 10.2. The van der Waals surface area contributed by atoms with Crippen molar-refractivity contribution in [2.75, 3.05) is 40.6 Å². The minimum Gasteiger partial charge on any atom is -0.467 e. The van der Waals surface area contributed by atoms with E-state index >= 15 is 0 Å². The molecule has 0 atom stereocenters. The molecule has 0 bridgehead atoms. The van der Waals surface area contributed by atoms with Gasteiger partial charge in [-0.3, -0.25) is 0 Å². The van der Waals surface area contributed by atoms with E-state index in [1.54, 1.807) is 13.4 Å². The van der Waals surface area contributed by atoms with E-state index in [1.807, 2.05) is 13.1 Å². The quantitative estimate of drug-likeness (QED) is 0.625. The Balaban J connectivity index is 2.07. The van der Waals surface area contributed by atoms with Crippen LogP contribution in [0.2, 0.25) is 0 Å². The zero-order chi connectivity index (χ0) is 12.3. The largest absolute Gasteiger partial charge is 0.467 e. The van der Waals surface area contributed by atoms with Gasteiger partial charge in [0.15, 0.2) is 0 Å². The van der Waals surface area contributed by atoms with Crippen LogP contribution in [-0.4, -0.2) is 40.6 Å². The van der Waals surface area contributed by atoms with Crippen LogP contribution < -0.4 is 5.32 Å². The molecule has 1 N–H and O–H groups in total. The molecule has 1 aromatic rings. The highest BCUT2D eigenvalue weighted by molar-refractivity contribution is 5.15. The van der Waals surface area contributed by atoms with Gasteiger partial charge in [-0.15, -0.1) is 0 Å². The summed E-state index contributed by atoms with van der Waals surface area (Å²) in [5.41, 5.74) is 1.13. The van der Waals surface area contributed by atoms with Gasteiger partial charge in [0.1, 0.15) is 12.4 Å². The van der Waals surface area contributed by atoms with Gasteiger partial charge in [0, 0.05) is 19.2 Å². The maximum atomic E-state index is 5.46. The van der Waals surface area contributed by atoms with Gasteiger partial charge in [-0.05, 0) is 13.1 Å². The minimum atomic E-state index is 0.484. The lowest BCUT2D eigenvalue weighted by Gasteiger charge is -2.05. The zero-order valence-corrected chi connectivity index (χ0v) is 10.5. The Morgan fingerprint density at radius 3 is 2.71 bits per heavy atom. The number of furan rings is 1. The van der Waals surface area contributed by atoms with Crippen LogP contribution in [0.4, 0.5) is 0 Å². The number of nitrogens with one attached hydrogen (secondary N) is 1. The Bertz CT molecular complexity index is 288. The van der Waals surface area contributed by atoms with Crippen molar-refractivity contribution in [3.63, 3.8) is 0 Å². The molecule has 0 aliphatic carbocycles. The van der Waals surface area contributed by atoms with E-state index in [1.165, 1.54) is 0 Å². The van der Waals surface area contributed by atoms with E-state index in [0.29, 0.717) is 33.0 Å². The average molecular weight is 243 g/mol. The molecule has 1 aromatic heterocycles. The summed E-state index contributed by atoms with van der Waals surface area (Å²) in [7, 11) is 3.56. The second-order valence-electron chi connectivity index (χ2n) is 3.56. The Hall–Kier alpha value is -0.880. The molecule has 0 saturated carbocycles. The summed E-state index contributed by atoms with van der Waals surface area (Å²) >= 11 is 0. The highest BCUT2D eigenvalue weighted by Gasteiger charge is 2.04. The standard InChI is InChI=1S/C12H21NO4/c1-13-9-11-3-4-17-12(11)10-16-8-7-15-6-5-14-2/h3-4,13H,5-10H2,1-2H3. The molecule has 5 nitrogen and oxygen atoms in total. The molecule has 0 unspecified atom stereocenters. The molecule has 17 heavy (non-hydrogen) atoms. The van der Waals surface area contributed by atoms with E-state index in [2.05, 4.69) is 5.32 Å². The second-order valence-corrected chi connectivity index (χ2v) is 3.56. The van der Waals surface area contributed by atoms with Crippen LogP contribution in [0.3, 0.4) is 0 Å². The monoisotopic (exact) mass is 243 g/mol. The lowest BCUT2D eigenvalue weighted by Crippen LogP contribution is -2.09. The molecule has 0 fully saturated rings. The fourth-order valence-corrected chi connectivity index (χ4v) is 1.37. The normalized spacial score (nSPS) is 10.9. The molecule has 0 aliphatic heterocycles. The first-order valence-corrected chi connectivity index (χ1v) is 5.72. The molecule has 1 heterocycles. The van der Waals surface area contributed by atoms with Crippen LogP contribution in [-0.2, 0) is 27.4 Å². The van der Waals surface area contributed by atoms with Crippen molar-refractivity contribution in [2.45, 2.75) is 13.2 Å². The summed E-state index contributed by atoms with van der Waals surface area (Å²) in [6.45, 7) is 3.63. The Morgan fingerprint density at radius 1 is 1.18 bits per heavy atom. The smallest absolute Gasteiger partial charge is 0.133 e. The fraction of sp³-hybridized carbons (Fsp3) is 0.667. The molecule has 0 amide bonds. The Kier molecular flexibility index (Phi) is 7.66. The highest BCUT2D eigenvalue weighted by atomic mass is 16.5. The number of rotatable bonds is 10. The van der Waals surface area contributed by atoms with Gasteiger partial charge in [-0.1, -0.05) is 0 Å². The van der Waals surface area contributed by atoms with Crippen LogP contribution in [0.15, 0.2) is 16.7 Å². The van der Waals surface area contributed by atoms with Crippen molar-refractivity contribution in [3.8, 4) is 0 Å². The molecular formula is C12H21NO4. The van der Waals surface area contributed by atoms with Crippen LogP contribution in [0.25, 0.3) is 0 Å². The van der Waals surface area contributed by atoms with Crippen LogP contribution in [0.1, 0.15) is 11.3 Å². The van der Waals surface area contributed by atoms with Gasteiger partial charge in [0.2, 0.25) is 0 Å². The third-order valence-electron chi connectivity index (χ3n) is 2.24. The van der Waals surface area contributed by atoms with Crippen LogP contribution in [0.5, 0.6) is 0 Å². The van der Waals surface area contributed by atoms with Gasteiger partial charge in [-0.25, -0.2) is 0 Å². The average Bonchev–Trinajstić information content (AvgIpc) is 2.76. The predicted octanol–water partition coefficient (Wildman–Crippen LogP) is 1.18. The second kappa shape index (κ2) is 9.18. The molecule has 0 radical (unpaired) electrons. The van der Waals surface area contributed by atoms with Crippen molar-refractivity contribution >= 4 is 0 Å². The van der Waals surface area contributed by atoms with E-state index in [0.717, 1.165) is 17.9 Å². The summed E-state index contributed by atoms with van der Waals surface area (Å²) in [6, 6.07) is 1.95. The third-order valence-corrected chi connectivity index (χ3v) is 2.24. The van der Waals surface area contributed by atoms with Crippen molar-refractivity contribution in [1.29, 1.82) is 0 Å². The maximum Gasteiger partial charge on any atom is 0.133 e. The predicted molar refractivity (Wildman–Crippen MR) is 63.8 cm³/mol. The van der Waals surface area contributed by atoms with E-state index in [9.17, 15) is 0 Å². The van der Waals surface area contributed by atoms with Gasteiger partial charge < -0.3 is 23.9 Å². The fourth-order valence-electron chi connectivity index (χ4n) is 1.37. The third kappa shape index (κ3) is 5.83. The summed E-state index contributed by atoms with van der Waals surface area (Å²) < 4.78 is 20.9. The topological polar surface area (TPSA) is 52.9 Å². The first kappa shape index (κ1) is 14.2. The van der Waals surface area contributed by atoms with Gasteiger partial charge >= 0.3 is 0 Å². The number of ether oxygens (including phenoxy) is 3. The Morgan fingerprint density at radius 2 is 1.94 bits per heavy atom. The van der Waals surface area contributed by atoms with Crippen molar-refractivity contribution in [3.05, 3.63) is 23.7 Å². The Labute approximate surface area is 102 Å². The van der Waals surface area contributed by atoms with Gasteiger partial charge in [-0.2, -0.15) is 0 Å². The van der Waals surface area contributed by atoms with Crippen LogP contribution in [0, 0.1) is 0 Å². The van der Waals surface area contributed by atoms with Crippen molar-refractivity contribution in [2.24, 2.45) is 0 Å². The van der Waals surface area contributed by atoms with Gasteiger partial charge in [0.05, 0.1) is 32.7 Å². The van der Waals surface area contributed by atoms with Crippen molar-refractivity contribution in [1.82, 2.24) is 5.32 Å². The van der Waals surface area contributed by atoms with E-state index in [4.69, 9.17) is 18.6 Å². The van der Waals surface area contributed by atoms with E-state index < -0.39 is 0 Å². The molecule has 1 rings (SSSR count). The van der Waals surface area contributed by atoms with Gasteiger partial charge in [0.25, 0.3) is 0 Å². The first-order valence-electron chi connectivity index (χ1n) is 5.72. The summed E-state index contributed by atoms with van der Waals surface area (Å²) in [5, 5.41) is 3.08. The number of hydrogen-bond acceptors (Lipinski definition) is 5. The molecule has 0 aliphatic rings. The summed E-state index contributed by atoms with van der Waals surface area (Å²) in [4.78, 5) is 0. The highest BCUT2D eigenvalue weighted by Crippen LogP contribution is 2.11. The number of methoxy groups -OCH3 is 1. The molecule has 5 heteroatoms. The van der Waals surface area contributed by atoms with E-state index in [-0.39, 0.29) is 0 Å². The number of hydrogen-bond donors (Lipinski definition) is 1. The molecular weight excluding hydrogens is 222 g/mol. The molecule has 0 saturated heterocycles. The van der Waals surface area contributed by atoms with Crippen molar-refractivity contribution < 1.29 is 18.6 Å². The SMILES string of the molecule is CNCc1ccoc1COCCOCCOC. The lowest BCUT2D eigenvalue weighted by molar-refractivity contribution is 0.0159. The zero-order valence-electron chi connectivity index (χ0n) is 10.5. The van der Waals surface area contributed by atoms with Crippen LogP contribution >= 0.6 is 0 Å². The summed E-state index contributed by atoms with van der Waals surface area (Å²) in [6.07, 6.45) is 1.68. The molecule has 98 valence electrons. The minimum absolute atomic E-state index is 0.484. The first-order chi connectivity index (χ1) is 8.38. The molecule has 0 spiro atoms. The summed E-state index contributed by atoms with van der Waals surface area (Å²) in [5.74, 6) is 0.872. The molecule has 0 aromatic carbocycles. The maximum absolute atomic E-state index is 5.46.